The van der Waals surface area contributed by atoms with Gasteiger partial charge in [0.2, 0.25) is 0 Å². The minimum Gasteiger partial charge on any atom is -0.466 e. The molecule has 2 atom stereocenters. The quantitative estimate of drug-likeness (QED) is 0.262. The van der Waals surface area contributed by atoms with E-state index in [0.717, 1.165) is 18.4 Å². The van der Waals surface area contributed by atoms with Crippen LogP contribution in [0.3, 0.4) is 0 Å². The van der Waals surface area contributed by atoms with Gasteiger partial charge in [-0.15, -0.1) is 0 Å². The molecule has 5 heteroatoms. The second-order valence-corrected chi connectivity index (χ2v) is 4.37. The minimum absolute atomic E-state index is 0.0662. The molecule has 0 heterocycles. The summed E-state index contributed by atoms with van der Waals surface area (Å²) in [5.74, 6) is 0.00302. The number of fused-ring (bicyclic) bond motifs is 1. The van der Waals surface area contributed by atoms with Crippen molar-refractivity contribution in [2.24, 2.45) is 5.11 Å². The molecule has 18 heavy (non-hydrogen) atoms. The monoisotopic (exact) mass is 245 g/mol. The Kier molecular flexibility index (Phi) is 3.85. The van der Waals surface area contributed by atoms with Gasteiger partial charge in [-0.1, -0.05) is 29.4 Å². The van der Waals surface area contributed by atoms with E-state index in [0.29, 0.717) is 6.61 Å². The molecule has 1 aliphatic carbocycles. The molecule has 0 aliphatic heterocycles. The first-order chi connectivity index (χ1) is 8.74. The van der Waals surface area contributed by atoms with E-state index in [2.05, 4.69) is 16.1 Å². The summed E-state index contributed by atoms with van der Waals surface area (Å²) in [4.78, 5) is 13.6. The molecule has 1 aromatic carbocycles. The molecule has 0 amide bonds. The van der Waals surface area contributed by atoms with Gasteiger partial charge < -0.3 is 4.74 Å². The van der Waals surface area contributed by atoms with E-state index in [1.807, 2.05) is 18.2 Å². The fourth-order valence-electron chi connectivity index (χ4n) is 2.44. The van der Waals surface area contributed by atoms with Gasteiger partial charge in [0, 0.05) is 11.8 Å². The van der Waals surface area contributed by atoms with Crippen molar-refractivity contribution < 1.29 is 9.53 Å². The molecule has 0 fully saturated rings. The van der Waals surface area contributed by atoms with E-state index >= 15 is 0 Å². The van der Waals surface area contributed by atoms with Crippen molar-refractivity contribution in [1.29, 1.82) is 0 Å². The highest BCUT2D eigenvalue weighted by Crippen LogP contribution is 2.49. The normalized spacial score (nSPS) is 20.3. The topological polar surface area (TPSA) is 75.1 Å². The van der Waals surface area contributed by atoms with Crippen molar-refractivity contribution in [3.05, 3.63) is 45.8 Å². The van der Waals surface area contributed by atoms with E-state index in [9.17, 15) is 4.79 Å². The maximum absolute atomic E-state index is 10.6. The van der Waals surface area contributed by atoms with Gasteiger partial charge in [-0.25, -0.2) is 0 Å². The first kappa shape index (κ1) is 12.5. The molecule has 5 nitrogen and oxygen atoms in total. The SMILES string of the molecule is CC(=O)OCCC[C@@H]1c2ccccc2[C@@H]1N=[N+]=[N-]. The van der Waals surface area contributed by atoms with Crippen LogP contribution in [0.15, 0.2) is 29.4 Å². The zero-order valence-electron chi connectivity index (χ0n) is 10.2. The Morgan fingerprint density at radius 3 is 2.83 bits per heavy atom. The molecule has 1 aliphatic rings. The first-order valence-corrected chi connectivity index (χ1v) is 6.00. The van der Waals surface area contributed by atoms with Gasteiger partial charge in [0.1, 0.15) is 0 Å². The third-order valence-corrected chi connectivity index (χ3v) is 3.24. The molecule has 0 aromatic heterocycles. The van der Waals surface area contributed by atoms with Crippen molar-refractivity contribution in [2.75, 3.05) is 6.61 Å². The third kappa shape index (κ3) is 2.46. The summed E-state index contributed by atoms with van der Waals surface area (Å²) in [6.07, 6.45) is 1.66. The maximum atomic E-state index is 10.6. The van der Waals surface area contributed by atoms with Crippen LogP contribution in [-0.4, -0.2) is 12.6 Å². The average Bonchev–Trinajstić information content (AvgIpc) is 2.35. The standard InChI is InChI=1S/C13H15N3O2/c1-9(17)18-8-4-7-12-10-5-2-3-6-11(10)13(12)15-16-14/h2-3,5-6,12-13H,4,7-8H2,1H3/t12-,13+/m1/s1. The molecule has 0 N–H and O–H groups in total. The van der Waals surface area contributed by atoms with Crippen LogP contribution in [0.1, 0.15) is 42.9 Å². The molecular formula is C13H15N3O2. The molecule has 0 unspecified atom stereocenters. The van der Waals surface area contributed by atoms with Gasteiger partial charge in [0.25, 0.3) is 0 Å². The number of rotatable bonds is 5. The van der Waals surface area contributed by atoms with Gasteiger partial charge in [0.05, 0.1) is 12.6 Å². The molecular weight excluding hydrogens is 230 g/mol. The second-order valence-electron chi connectivity index (χ2n) is 4.37. The van der Waals surface area contributed by atoms with Gasteiger partial charge in [-0.05, 0) is 35.4 Å². The fourth-order valence-corrected chi connectivity index (χ4v) is 2.44. The number of ether oxygens (including phenoxy) is 1. The lowest BCUT2D eigenvalue weighted by atomic mass is 9.71. The summed E-state index contributed by atoms with van der Waals surface area (Å²) < 4.78 is 4.90. The highest BCUT2D eigenvalue weighted by atomic mass is 16.5. The smallest absolute Gasteiger partial charge is 0.302 e. The molecule has 2 rings (SSSR count). The number of azide groups is 1. The number of hydrogen-bond donors (Lipinski definition) is 0. The van der Waals surface area contributed by atoms with Crippen LogP contribution >= 0.6 is 0 Å². The molecule has 0 saturated carbocycles. The van der Waals surface area contributed by atoms with Crippen molar-refractivity contribution in [3.8, 4) is 0 Å². The average molecular weight is 245 g/mol. The van der Waals surface area contributed by atoms with E-state index in [4.69, 9.17) is 10.3 Å². The van der Waals surface area contributed by atoms with E-state index < -0.39 is 0 Å². The van der Waals surface area contributed by atoms with Crippen LogP contribution in [0.4, 0.5) is 0 Å². The Balaban J connectivity index is 1.96. The van der Waals surface area contributed by atoms with Crippen LogP contribution in [0, 0.1) is 0 Å². The third-order valence-electron chi connectivity index (χ3n) is 3.24. The number of esters is 1. The lowest BCUT2D eigenvalue weighted by molar-refractivity contribution is -0.141. The van der Waals surface area contributed by atoms with Crippen LogP contribution in [0.25, 0.3) is 10.4 Å². The van der Waals surface area contributed by atoms with Crippen molar-refractivity contribution in [1.82, 2.24) is 0 Å². The van der Waals surface area contributed by atoms with Gasteiger partial charge in [-0.3, -0.25) is 4.79 Å². The van der Waals surface area contributed by atoms with Crippen LogP contribution in [0.2, 0.25) is 0 Å². The summed E-state index contributed by atoms with van der Waals surface area (Å²) in [6, 6.07) is 7.94. The van der Waals surface area contributed by atoms with Crippen molar-refractivity contribution in [3.63, 3.8) is 0 Å². The lowest BCUT2D eigenvalue weighted by Gasteiger charge is -2.36. The van der Waals surface area contributed by atoms with E-state index in [1.165, 1.54) is 12.5 Å². The summed E-state index contributed by atoms with van der Waals surface area (Å²) in [5, 5.41) is 3.84. The fraction of sp³-hybridized carbons (Fsp3) is 0.462. The van der Waals surface area contributed by atoms with Crippen LogP contribution in [-0.2, 0) is 9.53 Å². The van der Waals surface area contributed by atoms with Crippen LogP contribution < -0.4 is 0 Å². The predicted octanol–water partition coefficient (Wildman–Crippen LogP) is 3.48. The number of benzene rings is 1. The molecule has 0 bridgehead atoms. The Bertz CT molecular complexity index is 495. The Morgan fingerprint density at radius 1 is 1.44 bits per heavy atom. The first-order valence-electron chi connectivity index (χ1n) is 6.00. The number of nitrogens with zero attached hydrogens (tertiary/aromatic N) is 3. The number of carbonyl (C=O) groups is 1. The zero-order valence-corrected chi connectivity index (χ0v) is 10.2. The summed E-state index contributed by atoms with van der Waals surface area (Å²) in [7, 11) is 0. The van der Waals surface area contributed by atoms with Crippen LogP contribution in [0.5, 0.6) is 0 Å². The Labute approximate surface area is 105 Å². The van der Waals surface area contributed by atoms with E-state index in [-0.39, 0.29) is 17.9 Å². The number of carbonyl (C=O) groups excluding carboxylic acids is 1. The zero-order chi connectivity index (χ0) is 13.0. The Morgan fingerprint density at radius 2 is 2.17 bits per heavy atom. The van der Waals surface area contributed by atoms with E-state index in [1.54, 1.807) is 0 Å². The summed E-state index contributed by atoms with van der Waals surface area (Å²) >= 11 is 0. The highest BCUT2D eigenvalue weighted by molar-refractivity contribution is 5.65. The predicted molar refractivity (Wildman–Crippen MR) is 66.9 cm³/mol. The molecule has 94 valence electrons. The lowest BCUT2D eigenvalue weighted by Crippen LogP contribution is -2.22. The minimum atomic E-state index is -0.254. The largest absolute Gasteiger partial charge is 0.466 e. The summed E-state index contributed by atoms with van der Waals surface area (Å²) in [5.41, 5.74) is 10.9. The Hall–Kier alpha value is -2.00. The second kappa shape index (κ2) is 5.56. The van der Waals surface area contributed by atoms with Gasteiger partial charge in [0.15, 0.2) is 0 Å². The molecule has 0 saturated heterocycles. The molecule has 0 spiro atoms. The van der Waals surface area contributed by atoms with Gasteiger partial charge in [-0.2, -0.15) is 0 Å². The maximum Gasteiger partial charge on any atom is 0.302 e. The van der Waals surface area contributed by atoms with Gasteiger partial charge >= 0.3 is 5.97 Å². The molecule has 0 radical (unpaired) electrons. The van der Waals surface area contributed by atoms with Crippen molar-refractivity contribution >= 4 is 5.97 Å². The molecule has 1 aromatic rings. The van der Waals surface area contributed by atoms with Crippen molar-refractivity contribution in [2.45, 2.75) is 31.7 Å². The highest BCUT2D eigenvalue weighted by Gasteiger charge is 2.35. The summed E-state index contributed by atoms with van der Waals surface area (Å²) in [6.45, 7) is 1.83. The number of hydrogen-bond acceptors (Lipinski definition) is 3.